The maximum absolute atomic E-state index is 15.4. The van der Waals surface area contributed by atoms with Crippen molar-refractivity contribution in [3.63, 3.8) is 0 Å². The van der Waals surface area contributed by atoms with E-state index in [1.54, 1.807) is 6.20 Å². The van der Waals surface area contributed by atoms with E-state index in [0.717, 1.165) is 31.9 Å². The molecule has 2 bridgehead atoms. The molecule has 3 fully saturated rings. The van der Waals surface area contributed by atoms with Crippen molar-refractivity contribution in [3.05, 3.63) is 35.8 Å². The van der Waals surface area contributed by atoms with Crippen LogP contribution in [0, 0.1) is 35.3 Å². The molecule has 0 aromatic carbocycles. The predicted octanol–water partition coefficient (Wildman–Crippen LogP) is 5.09. The van der Waals surface area contributed by atoms with Crippen LogP contribution in [-0.4, -0.2) is 36.8 Å². The average Bonchev–Trinajstić information content (AvgIpc) is 3.20. The van der Waals surface area contributed by atoms with Gasteiger partial charge in [-0.05, 0) is 61.7 Å². The molecule has 168 valence electrons. The van der Waals surface area contributed by atoms with Crippen molar-refractivity contribution in [2.75, 3.05) is 5.75 Å². The van der Waals surface area contributed by atoms with Crippen LogP contribution in [0.1, 0.15) is 38.3 Å². The van der Waals surface area contributed by atoms with Crippen LogP contribution in [-0.2, 0) is 11.2 Å². The molecule has 3 aromatic rings. The monoisotopic (exact) mass is 458 g/mol. The molecule has 0 aliphatic heterocycles. The number of hydrogen-bond donors (Lipinski definition) is 2. The zero-order valence-electron chi connectivity index (χ0n) is 17.6. The Bertz CT molecular complexity index is 1180. The summed E-state index contributed by atoms with van der Waals surface area (Å²) in [5, 5.41) is 10.6. The van der Waals surface area contributed by atoms with Gasteiger partial charge in [0.25, 0.3) is 0 Å². The molecule has 9 heteroatoms. The smallest absolute Gasteiger partial charge is 0.307 e. The highest BCUT2D eigenvalue weighted by molar-refractivity contribution is 7.99. The number of rotatable bonds is 6. The van der Waals surface area contributed by atoms with Crippen LogP contribution < -0.4 is 0 Å². The molecular formula is C23H24F2N4O2S. The number of thioether (sulfide) groups is 1. The Morgan fingerprint density at radius 2 is 1.97 bits per heavy atom. The molecule has 2 N–H and O–H groups in total. The van der Waals surface area contributed by atoms with E-state index in [9.17, 15) is 14.3 Å². The highest BCUT2D eigenvalue weighted by Crippen LogP contribution is 2.50. The van der Waals surface area contributed by atoms with Crippen molar-refractivity contribution < 1.29 is 18.7 Å². The minimum Gasteiger partial charge on any atom is -0.481 e. The Morgan fingerprint density at radius 1 is 1.22 bits per heavy atom. The number of carboxylic acids is 1. The largest absolute Gasteiger partial charge is 0.481 e. The molecule has 3 aliphatic rings. The molecule has 0 saturated heterocycles. The first-order chi connectivity index (χ1) is 15.5. The summed E-state index contributed by atoms with van der Waals surface area (Å²) in [6.45, 7) is 1.91. The van der Waals surface area contributed by atoms with E-state index in [4.69, 9.17) is 0 Å². The summed E-state index contributed by atoms with van der Waals surface area (Å²) in [7, 11) is 0. The molecule has 3 heterocycles. The Morgan fingerprint density at radius 3 is 2.69 bits per heavy atom. The fraction of sp³-hybridized carbons (Fsp3) is 0.478. The molecule has 0 radical (unpaired) electrons. The number of H-pyrrole nitrogens is 1. The SMILES string of the molecule is CCSc1nc(-c2c[nH]c3ncc(F)cc23)nc(C[C@H]2C3CCC(CC3)[C@@H]2C(=O)O)c1F. The normalized spacial score (nSPS) is 24.8. The van der Waals surface area contributed by atoms with Crippen molar-refractivity contribution >= 4 is 28.8 Å². The first kappa shape index (κ1) is 21.3. The number of nitrogens with one attached hydrogen (secondary N) is 1. The Hall–Kier alpha value is -2.55. The number of fused-ring (bicyclic) bond motifs is 4. The molecule has 3 aromatic heterocycles. The lowest BCUT2D eigenvalue weighted by atomic mass is 9.57. The number of halogens is 2. The Balaban J connectivity index is 1.58. The molecule has 0 amide bonds. The van der Waals surface area contributed by atoms with Crippen molar-refractivity contribution in [1.29, 1.82) is 0 Å². The van der Waals surface area contributed by atoms with Crippen molar-refractivity contribution in [2.45, 2.75) is 44.1 Å². The van der Waals surface area contributed by atoms with Gasteiger partial charge in [-0.15, -0.1) is 11.8 Å². The summed E-state index contributed by atoms with van der Waals surface area (Å²) >= 11 is 1.28. The van der Waals surface area contributed by atoms with Gasteiger partial charge in [0, 0.05) is 17.1 Å². The van der Waals surface area contributed by atoms with Crippen molar-refractivity contribution in [3.8, 4) is 11.4 Å². The lowest BCUT2D eigenvalue weighted by molar-refractivity contribution is -0.152. The Kier molecular flexibility index (Phi) is 5.61. The minimum absolute atomic E-state index is 0.140. The van der Waals surface area contributed by atoms with Gasteiger partial charge in [0.1, 0.15) is 16.5 Å². The summed E-state index contributed by atoms with van der Waals surface area (Å²) in [5.74, 6) is -1.01. The zero-order valence-corrected chi connectivity index (χ0v) is 18.5. The van der Waals surface area contributed by atoms with Gasteiger partial charge in [-0.2, -0.15) is 0 Å². The lowest BCUT2D eigenvalue weighted by Crippen LogP contribution is -2.45. The summed E-state index contributed by atoms with van der Waals surface area (Å²) in [6, 6.07) is 1.35. The molecule has 3 aliphatic carbocycles. The average molecular weight is 459 g/mol. The van der Waals surface area contributed by atoms with Gasteiger partial charge >= 0.3 is 5.97 Å². The van der Waals surface area contributed by atoms with Gasteiger partial charge in [0.05, 0.1) is 17.8 Å². The molecule has 6 rings (SSSR count). The van der Waals surface area contributed by atoms with Crippen LogP contribution in [0.15, 0.2) is 23.5 Å². The number of aromatic amines is 1. The van der Waals surface area contributed by atoms with E-state index in [2.05, 4.69) is 19.9 Å². The number of hydrogen-bond acceptors (Lipinski definition) is 5. The summed E-state index contributed by atoms with van der Waals surface area (Å²) in [4.78, 5) is 28.1. The summed E-state index contributed by atoms with van der Waals surface area (Å²) in [5.41, 5.74) is 1.29. The van der Waals surface area contributed by atoms with E-state index in [1.165, 1.54) is 17.8 Å². The Labute approximate surface area is 188 Å². The molecule has 0 unspecified atom stereocenters. The number of carboxylic acid groups (broad SMARTS) is 1. The molecule has 6 nitrogen and oxygen atoms in total. The minimum atomic E-state index is -0.791. The molecule has 32 heavy (non-hydrogen) atoms. The van der Waals surface area contributed by atoms with Crippen LogP contribution in [0.4, 0.5) is 8.78 Å². The topological polar surface area (TPSA) is 91.8 Å². The van der Waals surface area contributed by atoms with E-state index >= 15 is 4.39 Å². The third-order valence-corrected chi connectivity index (χ3v) is 7.85. The van der Waals surface area contributed by atoms with Gasteiger partial charge in [-0.3, -0.25) is 4.79 Å². The van der Waals surface area contributed by atoms with Crippen LogP contribution in [0.2, 0.25) is 0 Å². The lowest BCUT2D eigenvalue weighted by Gasteiger charge is -2.46. The fourth-order valence-electron chi connectivity index (χ4n) is 5.60. The van der Waals surface area contributed by atoms with E-state index in [0.29, 0.717) is 28.2 Å². The van der Waals surface area contributed by atoms with Crippen molar-refractivity contribution in [2.24, 2.45) is 23.7 Å². The third kappa shape index (κ3) is 3.66. The van der Waals surface area contributed by atoms with Gasteiger partial charge in [0.2, 0.25) is 0 Å². The second-order valence-electron chi connectivity index (χ2n) is 8.70. The van der Waals surface area contributed by atoms with E-state index in [1.807, 2.05) is 6.92 Å². The van der Waals surface area contributed by atoms with E-state index in [-0.39, 0.29) is 34.9 Å². The van der Waals surface area contributed by atoms with Gasteiger partial charge < -0.3 is 10.1 Å². The zero-order chi connectivity index (χ0) is 22.4. The van der Waals surface area contributed by atoms with Crippen LogP contribution in [0.3, 0.4) is 0 Å². The quantitative estimate of drug-likeness (QED) is 0.395. The third-order valence-electron chi connectivity index (χ3n) is 7.01. The number of aliphatic carboxylic acids is 1. The standard InChI is InChI=1S/C23H24F2N4O2S/c1-2-32-22-19(25)17(8-14-11-3-5-12(6-4-11)18(14)23(30)31)28-21(29-22)16-10-27-20-15(16)7-13(24)9-26-20/h7,9-12,14,18H,2-6,8H2,1H3,(H,26,27)(H,30,31)/t11?,12?,14-,18-/m0/s1. The molecule has 0 spiro atoms. The predicted molar refractivity (Wildman–Crippen MR) is 117 cm³/mol. The van der Waals surface area contributed by atoms with Gasteiger partial charge in [0.15, 0.2) is 11.6 Å². The second-order valence-corrected chi connectivity index (χ2v) is 9.96. The molecule has 2 atom stereocenters. The number of pyridine rings is 1. The highest BCUT2D eigenvalue weighted by atomic mass is 32.2. The highest BCUT2D eigenvalue weighted by Gasteiger charge is 2.47. The van der Waals surface area contributed by atoms with Gasteiger partial charge in [-0.25, -0.2) is 23.7 Å². The van der Waals surface area contributed by atoms with Gasteiger partial charge in [-0.1, -0.05) is 6.92 Å². The summed E-state index contributed by atoms with van der Waals surface area (Å²) in [6.07, 6.45) is 6.89. The number of carbonyl (C=O) groups is 1. The molecular weight excluding hydrogens is 434 g/mol. The second kappa shape index (κ2) is 8.42. The van der Waals surface area contributed by atoms with Crippen LogP contribution in [0.5, 0.6) is 0 Å². The van der Waals surface area contributed by atoms with Crippen molar-refractivity contribution in [1.82, 2.24) is 19.9 Å². The van der Waals surface area contributed by atoms with E-state index < -0.39 is 23.5 Å². The van der Waals surface area contributed by atoms with Crippen LogP contribution >= 0.6 is 11.8 Å². The van der Waals surface area contributed by atoms with Crippen LogP contribution in [0.25, 0.3) is 22.4 Å². The maximum atomic E-state index is 15.4. The number of nitrogens with zero attached hydrogens (tertiary/aromatic N) is 3. The summed E-state index contributed by atoms with van der Waals surface area (Å²) < 4.78 is 29.2. The first-order valence-corrected chi connectivity index (χ1v) is 12.0. The maximum Gasteiger partial charge on any atom is 0.307 e. The molecule has 3 saturated carbocycles. The number of aromatic nitrogens is 4. The fourth-order valence-corrected chi connectivity index (χ4v) is 6.27. The first-order valence-electron chi connectivity index (χ1n) is 11.0.